The maximum absolute atomic E-state index is 12.2. The van der Waals surface area contributed by atoms with Gasteiger partial charge in [-0.3, -0.25) is 4.79 Å². The first-order valence-electron chi connectivity index (χ1n) is 10.5. The summed E-state index contributed by atoms with van der Waals surface area (Å²) in [6.45, 7) is 7.78. The Morgan fingerprint density at radius 3 is 2.50 bits per heavy atom. The predicted molar refractivity (Wildman–Crippen MR) is 116 cm³/mol. The van der Waals surface area contributed by atoms with Crippen LogP contribution in [-0.2, 0) is 4.79 Å². The first-order valence-corrected chi connectivity index (χ1v) is 10.5. The number of nitrogens with zero attached hydrogens (tertiary/aromatic N) is 1. The molecule has 0 radical (unpaired) electrons. The lowest BCUT2D eigenvalue weighted by Gasteiger charge is -2.35. The Bertz CT molecular complexity index is 755. The average Bonchev–Trinajstić information content (AvgIpc) is 2.73. The number of benzene rings is 2. The first kappa shape index (κ1) is 20.2. The molecule has 1 fully saturated rings. The lowest BCUT2D eigenvalue weighted by atomic mass is 9.99. The van der Waals surface area contributed by atoms with Crippen LogP contribution in [0.2, 0.25) is 0 Å². The van der Waals surface area contributed by atoms with Gasteiger partial charge >= 0.3 is 0 Å². The summed E-state index contributed by atoms with van der Waals surface area (Å²) < 4.78 is 5.62. The van der Waals surface area contributed by atoms with Gasteiger partial charge < -0.3 is 15.0 Å². The highest BCUT2D eigenvalue weighted by atomic mass is 16.5. The smallest absolute Gasteiger partial charge is 0.262 e. The van der Waals surface area contributed by atoms with Crippen molar-refractivity contribution >= 4 is 17.3 Å². The molecule has 2 aromatic carbocycles. The van der Waals surface area contributed by atoms with E-state index < -0.39 is 0 Å². The fourth-order valence-corrected chi connectivity index (χ4v) is 3.69. The summed E-state index contributed by atoms with van der Waals surface area (Å²) in [6, 6.07) is 16.7. The van der Waals surface area contributed by atoms with Crippen molar-refractivity contribution in [2.24, 2.45) is 0 Å². The topological polar surface area (TPSA) is 41.6 Å². The third kappa shape index (κ3) is 5.28. The minimum atomic E-state index is -0.148. The molecule has 0 spiro atoms. The third-order valence-corrected chi connectivity index (χ3v) is 5.72. The molecule has 0 aliphatic carbocycles. The second-order valence-corrected chi connectivity index (χ2v) is 7.80. The number of carbonyl (C=O) groups is 1. The van der Waals surface area contributed by atoms with Crippen LogP contribution in [0.15, 0.2) is 48.5 Å². The average molecular weight is 381 g/mol. The zero-order chi connectivity index (χ0) is 19.9. The van der Waals surface area contributed by atoms with Crippen molar-refractivity contribution in [1.82, 2.24) is 0 Å². The Labute approximate surface area is 168 Å². The highest BCUT2D eigenvalue weighted by molar-refractivity contribution is 5.92. The Morgan fingerprint density at radius 2 is 1.86 bits per heavy atom. The second kappa shape index (κ2) is 9.63. The minimum Gasteiger partial charge on any atom is -0.484 e. The fraction of sp³-hybridized carbons (Fsp3) is 0.458. The van der Waals surface area contributed by atoms with Gasteiger partial charge in [-0.15, -0.1) is 0 Å². The van der Waals surface area contributed by atoms with E-state index in [0.717, 1.165) is 24.4 Å². The number of hydrogen-bond acceptors (Lipinski definition) is 3. The maximum atomic E-state index is 12.2. The molecule has 2 atom stereocenters. The van der Waals surface area contributed by atoms with Gasteiger partial charge in [-0.1, -0.05) is 26.0 Å². The third-order valence-electron chi connectivity index (χ3n) is 5.72. The molecule has 0 bridgehead atoms. The zero-order valence-corrected chi connectivity index (χ0v) is 17.3. The summed E-state index contributed by atoms with van der Waals surface area (Å²) in [4.78, 5) is 14.6. The van der Waals surface area contributed by atoms with E-state index in [-0.39, 0.29) is 12.5 Å². The van der Waals surface area contributed by atoms with Crippen LogP contribution in [-0.4, -0.2) is 25.1 Å². The monoisotopic (exact) mass is 380 g/mol. The van der Waals surface area contributed by atoms with E-state index in [0.29, 0.717) is 12.0 Å². The lowest BCUT2D eigenvalue weighted by Crippen LogP contribution is -2.37. The van der Waals surface area contributed by atoms with E-state index in [4.69, 9.17) is 4.74 Å². The maximum Gasteiger partial charge on any atom is 0.262 e. The van der Waals surface area contributed by atoms with Crippen LogP contribution in [0.1, 0.15) is 57.9 Å². The normalized spacial score (nSPS) is 17.8. The van der Waals surface area contributed by atoms with Crippen LogP contribution in [0.3, 0.4) is 0 Å². The quantitative estimate of drug-likeness (QED) is 0.680. The number of ether oxygens (including phenoxy) is 1. The van der Waals surface area contributed by atoms with E-state index >= 15 is 0 Å². The van der Waals surface area contributed by atoms with Crippen LogP contribution in [0, 0.1) is 0 Å². The Hall–Kier alpha value is -2.49. The van der Waals surface area contributed by atoms with Crippen LogP contribution < -0.4 is 15.0 Å². The van der Waals surface area contributed by atoms with Gasteiger partial charge in [0.2, 0.25) is 0 Å². The van der Waals surface area contributed by atoms with Gasteiger partial charge in [0.25, 0.3) is 5.91 Å². The molecular formula is C24H32N2O2. The van der Waals surface area contributed by atoms with Crippen molar-refractivity contribution in [2.75, 3.05) is 23.4 Å². The van der Waals surface area contributed by atoms with Crippen molar-refractivity contribution in [2.45, 2.75) is 58.4 Å². The predicted octanol–water partition coefficient (Wildman–Crippen LogP) is 5.60. The molecule has 4 nitrogen and oxygen atoms in total. The SMILES string of the molecule is CC[C@H](C)c1ccc(OCC(=O)Nc2ccc(N3CCCC[C@@H]3C)cc2)cc1. The van der Waals surface area contributed by atoms with E-state index in [1.807, 2.05) is 24.3 Å². The first-order chi connectivity index (χ1) is 13.6. The molecule has 0 saturated carbocycles. The van der Waals surface area contributed by atoms with Gasteiger partial charge in [0.1, 0.15) is 5.75 Å². The standard InChI is InChI=1S/C24H32N2O2/c1-4-18(2)20-8-14-23(15-9-20)28-17-24(27)25-21-10-12-22(13-11-21)26-16-6-5-7-19(26)3/h8-15,18-19H,4-7,16-17H2,1-3H3,(H,25,27)/t18-,19-/m0/s1. The molecule has 1 saturated heterocycles. The summed E-state index contributed by atoms with van der Waals surface area (Å²) in [5, 5.41) is 2.91. The number of amides is 1. The van der Waals surface area contributed by atoms with E-state index in [2.05, 4.69) is 55.3 Å². The molecule has 150 valence electrons. The van der Waals surface area contributed by atoms with Crippen molar-refractivity contribution in [3.05, 3.63) is 54.1 Å². The van der Waals surface area contributed by atoms with Crippen molar-refractivity contribution < 1.29 is 9.53 Å². The number of carbonyl (C=O) groups excluding carboxylic acids is 1. The number of nitrogens with one attached hydrogen (secondary N) is 1. The number of piperidine rings is 1. The van der Waals surface area contributed by atoms with E-state index in [1.54, 1.807) is 0 Å². The van der Waals surface area contributed by atoms with Crippen molar-refractivity contribution in [3.63, 3.8) is 0 Å². The highest BCUT2D eigenvalue weighted by Crippen LogP contribution is 2.26. The molecule has 28 heavy (non-hydrogen) atoms. The summed E-state index contributed by atoms with van der Waals surface area (Å²) in [5.41, 5.74) is 3.32. The molecule has 1 heterocycles. The minimum absolute atomic E-state index is 0.00753. The van der Waals surface area contributed by atoms with Gasteiger partial charge in [-0.05, 0) is 80.5 Å². The van der Waals surface area contributed by atoms with Crippen LogP contribution in [0.4, 0.5) is 11.4 Å². The van der Waals surface area contributed by atoms with Crippen molar-refractivity contribution in [1.29, 1.82) is 0 Å². The van der Waals surface area contributed by atoms with E-state index in [1.165, 1.54) is 30.5 Å². The van der Waals surface area contributed by atoms with Gasteiger partial charge in [0.05, 0.1) is 0 Å². The van der Waals surface area contributed by atoms with Gasteiger partial charge in [0.15, 0.2) is 6.61 Å². The zero-order valence-electron chi connectivity index (χ0n) is 17.3. The second-order valence-electron chi connectivity index (χ2n) is 7.80. The highest BCUT2D eigenvalue weighted by Gasteiger charge is 2.18. The summed E-state index contributed by atoms with van der Waals surface area (Å²) >= 11 is 0. The summed E-state index contributed by atoms with van der Waals surface area (Å²) in [5.74, 6) is 1.11. The van der Waals surface area contributed by atoms with Crippen LogP contribution in [0.5, 0.6) is 5.75 Å². The Kier molecular flexibility index (Phi) is 6.96. The fourth-order valence-electron chi connectivity index (χ4n) is 3.69. The number of anilines is 2. The van der Waals surface area contributed by atoms with Gasteiger partial charge in [-0.2, -0.15) is 0 Å². The molecule has 3 rings (SSSR count). The Morgan fingerprint density at radius 1 is 1.14 bits per heavy atom. The number of rotatable bonds is 7. The molecule has 0 aromatic heterocycles. The lowest BCUT2D eigenvalue weighted by molar-refractivity contribution is -0.118. The molecular weight excluding hydrogens is 348 g/mol. The Balaban J connectivity index is 1.49. The summed E-state index contributed by atoms with van der Waals surface area (Å²) in [7, 11) is 0. The molecule has 4 heteroatoms. The molecule has 0 unspecified atom stereocenters. The van der Waals surface area contributed by atoms with E-state index in [9.17, 15) is 4.79 Å². The van der Waals surface area contributed by atoms with Crippen molar-refractivity contribution in [3.8, 4) is 5.75 Å². The van der Waals surface area contributed by atoms with Crippen LogP contribution in [0.25, 0.3) is 0 Å². The number of hydrogen-bond donors (Lipinski definition) is 1. The van der Waals surface area contributed by atoms with Gasteiger partial charge in [0, 0.05) is 24.0 Å². The molecule has 1 N–H and O–H groups in total. The van der Waals surface area contributed by atoms with Gasteiger partial charge in [-0.25, -0.2) is 0 Å². The molecule has 1 amide bonds. The molecule has 1 aliphatic heterocycles. The molecule has 1 aliphatic rings. The summed E-state index contributed by atoms with van der Waals surface area (Å²) in [6.07, 6.45) is 4.91. The van der Waals surface area contributed by atoms with Crippen LogP contribution >= 0.6 is 0 Å². The molecule has 2 aromatic rings. The largest absolute Gasteiger partial charge is 0.484 e.